The first kappa shape index (κ1) is 22.7. The Balaban J connectivity index is 1.82. The third kappa shape index (κ3) is 5.61. The molecule has 0 radical (unpaired) electrons. The quantitative estimate of drug-likeness (QED) is 0.257. The largest absolute Gasteiger partial charge is 0.498 e. The molecule has 0 saturated carbocycles. The Bertz CT molecular complexity index is 937. The maximum absolute atomic E-state index is 11.6. The standard InChI is InChI=1S/C24H28N2O4S/c1-24(2,26-13-15-29-16-14-26)22(19-9-11-21(31-4)12-10-19)25-30-17-18-5-7-20(8-6-18)23(27)28-3/h5-13,15H,14,16-17H2,1-4H3/b25-22-. The van der Waals surface area contributed by atoms with Gasteiger partial charge in [-0.1, -0.05) is 29.4 Å². The molecule has 6 nitrogen and oxygen atoms in total. The van der Waals surface area contributed by atoms with E-state index >= 15 is 0 Å². The molecule has 0 amide bonds. The van der Waals surface area contributed by atoms with Crippen molar-refractivity contribution in [3.05, 3.63) is 77.7 Å². The highest BCUT2D eigenvalue weighted by molar-refractivity contribution is 7.98. The van der Waals surface area contributed by atoms with Crippen LogP contribution in [0, 0.1) is 0 Å². The summed E-state index contributed by atoms with van der Waals surface area (Å²) < 4.78 is 10.1. The van der Waals surface area contributed by atoms with Gasteiger partial charge in [0.2, 0.25) is 0 Å². The normalized spacial score (nSPS) is 14.2. The molecule has 0 unspecified atom stereocenters. The van der Waals surface area contributed by atoms with Crippen molar-refractivity contribution in [1.82, 2.24) is 4.90 Å². The molecule has 0 aromatic heterocycles. The molecule has 3 rings (SSSR count). The number of thioether (sulfide) groups is 1. The number of hydrogen-bond acceptors (Lipinski definition) is 7. The summed E-state index contributed by atoms with van der Waals surface area (Å²) in [5.41, 5.74) is 2.85. The Morgan fingerprint density at radius 3 is 2.39 bits per heavy atom. The van der Waals surface area contributed by atoms with Crippen LogP contribution in [-0.4, -0.2) is 48.6 Å². The third-order valence-corrected chi connectivity index (χ3v) is 5.95. The minimum Gasteiger partial charge on any atom is -0.498 e. The highest BCUT2D eigenvalue weighted by Gasteiger charge is 2.33. The molecule has 0 N–H and O–H groups in total. The lowest BCUT2D eigenvalue weighted by Crippen LogP contribution is -2.49. The molecule has 0 atom stereocenters. The van der Waals surface area contributed by atoms with E-state index in [0.29, 0.717) is 18.8 Å². The molecule has 0 saturated heterocycles. The van der Waals surface area contributed by atoms with Crippen molar-refractivity contribution >= 4 is 23.4 Å². The fourth-order valence-corrected chi connectivity index (χ4v) is 3.71. The van der Waals surface area contributed by atoms with Crippen LogP contribution < -0.4 is 0 Å². The Morgan fingerprint density at radius 2 is 1.81 bits per heavy atom. The highest BCUT2D eigenvalue weighted by atomic mass is 32.2. The van der Waals surface area contributed by atoms with Crippen LogP contribution in [0.1, 0.15) is 35.3 Å². The van der Waals surface area contributed by atoms with Crippen molar-refractivity contribution in [3.8, 4) is 0 Å². The third-order valence-electron chi connectivity index (χ3n) is 5.21. The van der Waals surface area contributed by atoms with E-state index in [2.05, 4.69) is 54.4 Å². The average Bonchev–Trinajstić information content (AvgIpc) is 2.82. The summed E-state index contributed by atoms with van der Waals surface area (Å²) in [6.07, 6.45) is 5.71. The lowest BCUT2D eigenvalue weighted by Gasteiger charge is -2.39. The Labute approximate surface area is 187 Å². The number of oxime groups is 1. The molecule has 1 aliphatic heterocycles. The predicted molar refractivity (Wildman–Crippen MR) is 123 cm³/mol. The summed E-state index contributed by atoms with van der Waals surface area (Å²) in [5, 5.41) is 4.57. The maximum atomic E-state index is 11.6. The van der Waals surface area contributed by atoms with Crippen LogP contribution in [0.4, 0.5) is 0 Å². The molecular weight excluding hydrogens is 412 g/mol. The lowest BCUT2D eigenvalue weighted by molar-refractivity contribution is 0.0600. The molecule has 31 heavy (non-hydrogen) atoms. The van der Waals surface area contributed by atoms with Crippen molar-refractivity contribution in [2.24, 2.45) is 5.16 Å². The van der Waals surface area contributed by atoms with E-state index in [1.54, 1.807) is 30.2 Å². The Hall–Kier alpha value is -2.93. The van der Waals surface area contributed by atoms with Crippen LogP contribution >= 0.6 is 11.8 Å². The number of carbonyl (C=O) groups excluding carboxylic acids is 1. The number of hydrogen-bond donors (Lipinski definition) is 0. The monoisotopic (exact) mass is 440 g/mol. The van der Waals surface area contributed by atoms with Gasteiger partial charge in [0.15, 0.2) is 0 Å². The summed E-state index contributed by atoms with van der Waals surface area (Å²) in [4.78, 5) is 20.8. The summed E-state index contributed by atoms with van der Waals surface area (Å²) in [6, 6.07) is 15.4. The molecule has 1 heterocycles. The summed E-state index contributed by atoms with van der Waals surface area (Å²) in [7, 11) is 1.37. The van der Waals surface area contributed by atoms with Crippen molar-refractivity contribution in [1.29, 1.82) is 0 Å². The summed E-state index contributed by atoms with van der Waals surface area (Å²) in [6.45, 7) is 5.94. The maximum Gasteiger partial charge on any atom is 0.337 e. The van der Waals surface area contributed by atoms with Crippen LogP contribution in [0.15, 0.2) is 71.0 Å². The Morgan fingerprint density at radius 1 is 1.13 bits per heavy atom. The minimum absolute atomic E-state index is 0.295. The van der Waals surface area contributed by atoms with Crippen LogP contribution in [0.2, 0.25) is 0 Å². The van der Waals surface area contributed by atoms with E-state index in [9.17, 15) is 4.79 Å². The fraction of sp³-hybridized carbons (Fsp3) is 0.333. The smallest absolute Gasteiger partial charge is 0.337 e. The molecule has 2 aromatic rings. The zero-order valence-corrected chi connectivity index (χ0v) is 19.1. The van der Waals surface area contributed by atoms with Gasteiger partial charge in [-0.05, 0) is 49.9 Å². The highest BCUT2D eigenvalue weighted by Crippen LogP contribution is 2.25. The number of carbonyl (C=O) groups is 1. The van der Waals surface area contributed by atoms with Gasteiger partial charge in [0, 0.05) is 16.7 Å². The fourth-order valence-electron chi connectivity index (χ4n) is 3.30. The van der Waals surface area contributed by atoms with E-state index in [0.717, 1.165) is 23.4 Å². The summed E-state index contributed by atoms with van der Waals surface area (Å²) >= 11 is 1.70. The average molecular weight is 441 g/mol. The predicted octanol–water partition coefficient (Wildman–Crippen LogP) is 4.70. The molecule has 2 aromatic carbocycles. The zero-order valence-electron chi connectivity index (χ0n) is 18.3. The van der Waals surface area contributed by atoms with E-state index in [1.807, 2.05) is 18.3 Å². The molecule has 0 spiro atoms. The second kappa shape index (κ2) is 10.4. The van der Waals surface area contributed by atoms with E-state index in [-0.39, 0.29) is 5.97 Å². The SMILES string of the molecule is COC(=O)c1ccc(CO/N=C(/c2ccc(SC)cc2)C(C)(C)N2C=COCC2)cc1. The first-order valence-corrected chi connectivity index (χ1v) is 11.3. The van der Waals surface area contributed by atoms with Crippen molar-refractivity contribution in [3.63, 3.8) is 0 Å². The number of methoxy groups -OCH3 is 1. The van der Waals surface area contributed by atoms with Crippen LogP contribution in [0.5, 0.6) is 0 Å². The van der Waals surface area contributed by atoms with Crippen LogP contribution in [-0.2, 0) is 20.9 Å². The van der Waals surface area contributed by atoms with E-state index in [4.69, 9.17) is 14.3 Å². The number of benzene rings is 2. The van der Waals surface area contributed by atoms with Crippen molar-refractivity contribution in [2.45, 2.75) is 30.9 Å². The molecule has 0 aliphatic carbocycles. The van der Waals surface area contributed by atoms with Gasteiger partial charge >= 0.3 is 5.97 Å². The van der Waals surface area contributed by atoms with Gasteiger partial charge in [-0.15, -0.1) is 11.8 Å². The van der Waals surface area contributed by atoms with E-state index < -0.39 is 5.54 Å². The second-order valence-corrected chi connectivity index (χ2v) is 8.42. The molecule has 164 valence electrons. The minimum atomic E-state index is -0.407. The van der Waals surface area contributed by atoms with Crippen LogP contribution in [0.3, 0.4) is 0 Å². The van der Waals surface area contributed by atoms with Gasteiger partial charge in [0.25, 0.3) is 0 Å². The van der Waals surface area contributed by atoms with E-state index in [1.165, 1.54) is 12.0 Å². The van der Waals surface area contributed by atoms with Gasteiger partial charge in [0.1, 0.15) is 18.9 Å². The van der Waals surface area contributed by atoms with Gasteiger partial charge in [-0.25, -0.2) is 4.79 Å². The van der Waals surface area contributed by atoms with Gasteiger partial charge < -0.3 is 19.2 Å². The molecule has 0 fully saturated rings. The molecular formula is C24H28N2O4S. The molecule has 7 heteroatoms. The van der Waals surface area contributed by atoms with Gasteiger partial charge in [0.05, 0.1) is 31.0 Å². The van der Waals surface area contributed by atoms with Gasteiger partial charge in [-0.2, -0.15) is 0 Å². The Kier molecular flexibility index (Phi) is 7.63. The number of esters is 1. The first-order valence-electron chi connectivity index (χ1n) is 10.0. The second-order valence-electron chi connectivity index (χ2n) is 7.54. The first-order chi connectivity index (χ1) is 15.0. The lowest BCUT2D eigenvalue weighted by atomic mass is 9.90. The summed E-state index contributed by atoms with van der Waals surface area (Å²) in [5.74, 6) is -0.359. The zero-order chi connectivity index (χ0) is 22.3. The van der Waals surface area contributed by atoms with Crippen molar-refractivity contribution in [2.75, 3.05) is 26.5 Å². The van der Waals surface area contributed by atoms with Crippen LogP contribution in [0.25, 0.3) is 0 Å². The van der Waals surface area contributed by atoms with Gasteiger partial charge in [-0.3, -0.25) is 0 Å². The number of ether oxygens (including phenoxy) is 2. The molecule has 0 bridgehead atoms. The van der Waals surface area contributed by atoms with Crippen molar-refractivity contribution < 1.29 is 19.1 Å². The number of rotatable bonds is 8. The topological polar surface area (TPSA) is 60.4 Å². The number of nitrogens with zero attached hydrogens (tertiary/aromatic N) is 2. The molecule has 1 aliphatic rings.